The van der Waals surface area contributed by atoms with E-state index in [1.165, 1.54) is 25.7 Å². The molecule has 2 aliphatic carbocycles. The molecule has 48 valence electrons. The van der Waals surface area contributed by atoms with Crippen LogP contribution >= 0.6 is 0 Å². The van der Waals surface area contributed by atoms with Crippen LogP contribution < -0.4 is 0 Å². The van der Waals surface area contributed by atoms with Gasteiger partial charge in [0.2, 0.25) is 0 Å². The quantitative estimate of drug-likeness (QED) is 0.480. The van der Waals surface area contributed by atoms with E-state index < -0.39 is 0 Å². The molecule has 0 radical (unpaired) electrons. The Kier molecular flexibility index (Phi) is 1.02. The fraction of sp³-hybridized carbons (Fsp3) is 0.875. The zero-order valence-corrected chi connectivity index (χ0v) is 5.51. The average molecular weight is 121 g/mol. The van der Waals surface area contributed by atoms with Crippen LogP contribution in [0.5, 0.6) is 0 Å². The van der Waals surface area contributed by atoms with Crippen LogP contribution in [0.15, 0.2) is 0 Å². The minimum Gasteiger partial charge on any atom is -0.198 e. The monoisotopic (exact) mass is 121 g/mol. The van der Waals surface area contributed by atoms with E-state index in [1.54, 1.807) is 0 Å². The van der Waals surface area contributed by atoms with Crippen LogP contribution in [-0.4, -0.2) is 0 Å². The molecule has 1 unspecified atom stereocenters. The summed E-state index contributed by atoms with van der Waals surface area (Å²) in [5.41, 5.74) is 0. The minimum absolute atomic E-state index is 0.419. The lowest BCUT2D eigenvalue weighted by Gasteiger charge is -2.29. The SMILES string of the molecule is N#CC1C[C@H]2CC[C@H]2C1. The number of nitrogens with zero attached hydrogens (tertiary/aromatic N) is 1. The maximum atomic E-state index is 8.58. The summed E-state index contributed by atoms with van der Waals surface area (Å²) in [5.74, 6) is 2.33. The van der Waals surface area contributed by atoms with Crippen molar-refractivity contribution in [2.75, 3.05) is 0 Å². The van der Waals surface area contributed by atoms with Gasteiger partial charge in [0, 0.05) is 5.92 Å². The Bertz CT molecular complexity index is 144. The third-order valence-corrected chi connectivity index (χ3v) is 2.93. The minimum atomic E-state index is 0.419. The normalized spacial score (nSPS) is 47.2. The van der Waals surface area contributed by atoms with Gasteiger partial charge >= 0.3 is 0 Å². The second kappa shape index (κ2) is 1.73. The summed E-state index contributed by atoms with van der Waals surface area (Å²) < 4.78 is 0. The lowest BCUT2D eigenvalue weighted by atomic mass is 9.77. The van der Waals surface area contributed by atoms with E-state index in [0.29, 0.717) is 5.92 Å². The highest BCUT2D eigenvalue weighted by molar-refractivity contribution is 4.98. The van der Waals surface area contributed by atoms with Crippen LogP contribution in [0.3, 0.4) is 0 Å². The van der Waals surface area contributed by atoms with E-state index in [1.807, 2.05) is 0 Å². The molecule has 1 heteroatoms. The smallest absolute Gasteiger partial charge is 0.0655 e. The standard InChI is InChI=1S/C8H11N/c9-5-6-3-7-1-2-8(7)4-6/h6-8H,1-4H2/t6?,7-,8+. The first-order valence-electron chi connectivity index (χ1n) is 3.80. The largest absolute Gasteiger partial charge is 0.198 e. The molecule has 2 aliphatic rings. The first kappa shape index (κ1) is 5.29. The molecule has 0 heterocycles. The number of hydrogen-bond donors (Lipinski definition) is 0. The van der Waals surface area contributed by atoms with E-state index >= 15 is 0 Å². The molecule has 0 spiro atoms. The molecule has 0 amide bonds. The van der Waals surface area contributed by atoms with Crippen molar-refractivity contribution in [1.29, 1.82) is 5.26 Å². The maximum Gasteiger partial charge on any atom is 0.0655 e. The topological polar surface area (TPSA) is 23.8 Å². The zero-order valence-electron chi connectivity index (χ0n) is 5.51. The van der Waals surface area contributed by atoms with Crippen molar-refractivity contribution in [2.24, 2.45) is 17.8 Å². The van der Waals surface area contributed by atoms with Crippen molar-refractivity contribution in [1.82, 2.24) is 0 Å². The van der Waals surface area contributed by atoms with Crippen LogP contribution in [0.25, 0.3) is 0 Å². The molecular weight excluding hydrogens is 110 g/mol. The van der Waals surface area contributed by atoms with Crippen molar-refractivity contribution in [3.63, 3.8) is 0 Å². The Labute approximate surface area is 55.7 Å². The summed E-state index contributed by atoms with van der Waals surface area (Å²) in [5, 5.41) is 8.58. The fourth-order valence-electron chi connectivity index (χ4n) is 2.19. The highest BCUT2D eigenvalue weighted by atomic mass is 14.5. The van der Waals surface area contributed by atoms with Crippen molar-refractivity contribution in [3.05, 3.63) is 0 Å². The van der Waals surface area contributed by atoms with Crippen molar-refractivity contribution in [3.8, 4) is 6.07 Å². The van der Waals surface area contributed by atoms with Gasteiger partial charge in [0.25, 0.3) is 0 Å². The molecule has 1 nitrogen and oxygen atoms in total. The van der Waals surface area contributed by atoms with E-state index in [-0.39, 0.29) is 0 Å². The van der Waals surface area contributed by atoms with Gasteiger partial charge in [-0.05, 0) is 37.5 Å². The fourth-order valence-corrected chi connectivity index (χ4v) is 2.19. The summed E-state index contributed by atoms with van der Waals surface area (Å²) in [7, 11) is 0. The highest BCUT2D eigenvalue weighted by Gasteiger charge is 2.39. The second-order valence-corrected chi connectivity index (χ2v) is 3.39. The summed E-state index contributed by atoms with van der Waals surface area (Å²) in [6.45, 7) is 0. The molecule has 0 N–H and O–H groups in total. The molecule has 2 rings (SSSR count). The third-order valence-electron chi connectivity index (χ3n) is 2.93. The number of fused-ring (bicyclic) bond motifs is 1. The van der Waals surface area contributed by atoms with Gasteiger partial charge in [-0.3, -0.25) is 0 Å². The Morgan fingerprint density at radius 1 is 1.11 bits per heavy atom. The van der Waals surface area contributed by atoms with Gasteiger partial charge in [0.05, 0.1) is 6.07 Å². The van der Waals surface area contributed by atoms with Gasteiger partial charge < -0.3 is 0 Å². The summed E-state index contributed by atoms with van der Waals surface area (Å²) in [6, 6.07) is 2.36. The number of rotatable bonds is 0. The van der Waals surface area contributed by atoms with Crippen molar-refractivity contribution < 1.29 is 0 Å². The van der Waals surface area contributed by atoms with Crippen LogP contribution in [0.2, 0.25) is 0 Å². The van der Waals surface area contributed by atoms with Crippen molar-refractivity contribution in [2.45, 2.75) is 25.7 Å². The predicted octanol–water partition coefficient (Wildman–Crippen LogP) is 1.95. The first-order chi connectivity index (χ1) is 4.40. The van der Waals surface area contributed by atoms with Gasteiger partial charge in [-0.2, -0.15) is 5.26 Å². The molecule has 0 aromatic carbocycles. The molecule has 0 aromatic heterocycles. The van der Waals surface area contributed by atoms with Crippen LogP contribution in [0, 0.1) is 29.1 Å². The molecule has 0 saturated heterocycles. The summed E-state index contributed by atoms with van der Waals surface area (Å²) in [4.78, 5) is 0. The van der Waals surface area contributed by atoms with Gasteiger partial charge in [-0.1, -0.05) is 0 Å². The average Bonchev–Trinajstić information content (AvgIpc) is 2.10. The number of nitriles is 1. The van der Waals surface area contributed by atoms with Gasteiger partial charge in [-0.15, -0.1) is 0 Å². The van der Waals surface area contributed by atoms with Crippen LogP contribution in [-0.2, 0) is 0 Å². The summed E-state index contributed by atoms with van der Waals surface area (Å²) in [6.07, 6.45) is 5.23. The molecule has 2 saturated carbocycles. The van der Waals surface area contributed by atoms with Crippen LogP contribution in [0.4, 0.5) is 0 Å². The Morgan fingerprint density at radius 2 is 1.67 bits per heavy atom. The van der Waals surface area contributed by atoms with E-state index in [0.717, 1.165) is 11.8 Å². The second-order valence-electron chi connectivity index (χ2n) is 3.39. The molecule has 2 fully saturated rings. The zero-order chi connectivity index (χ0) is 6.27. The first-order valence-corrected chi connectivity index (χ1v) is 3.80. The molecular formula is C8H11N. The van der Waals surface area contributed by atoms with Crippen LogP contribution in [0.1, 0.15) is 25.7 Å². The predicted molar refractivity (Wildman–Crippen MR) is 34.6 cm³/mol. The highest BCUT2D eigenvalue weighted by Crippen LogP contribution is 2.49. The lowest BCUT2D eigenvalue weighted by molar-refractivity contribution is 0.219. The van der Waals surface area contributed by atoms with E-state index in [9.17, 15) is 0 Å². The van der Waals surface area contributed by atoms with Gasteiger partial charge in [-0.25, -0.2) is 0 Å². The maximum absolute atomic E-state index is 8.58. The molecule has 0 bridgehead atoms. The Balaban J connectivity index is 2.01. The van der Waals surface area contributed by atoms with Gasteiger partial charge in [0.1, 0.15) is 0 Å². The van der Waals surface area contributed by atoms with Crippen molar-refractivity contribution >= 4 is 0 Å². The molecule has 0 aromatic rings. The Hall–Kier alpha value is -0.510. The molecule has 0 aliphatic heterocycles. The number of hydrogen-bond acceptors (Lipinski definition) is 1. The van der Waals surface area contributed by atoms with E-state index in [4.69, 9.17) is 5.26 Å². The lowest BCUT2D eigenvalue weighted by Crippen LogP contribution is -2.18. The third kappa shape index (κ3) is 0.660. The Morgan fingerprint density at radius 3 is 2.00 bits per heavy atom. The summed E-state index contributed by atoms with van der Waals surface area (Å²) >= 11 is 0. The van der Waals surface area contributed by atoms with E-state index in [2.05, 4.69) is 6.07 Å². The molecule has 9 heavy (non-hydrogen) atoms. The molecule has 3 atom stereocenters. The van der Waals surface area contributed by atoms with Gasteiger partial charge in [0.15, 0.2) is 0 Å².